The predicted molar refractivity (Wildman–Crippen MR) is 191 cm³/mol. The van der Waals surface area contributed by atoms with Gasteiger partial charge in [0.1, 0.15) is 24.4 Å². The Bertz CT molecular complexity index is 1680. The van der Waals surface area contributed by atoms with Crippen LogP contribution in [-0.4, -0.2) is 104 Å². The van der Waals surface area contributed by atoms with Crippen molar-refractivity contribution in [1.82, 2.24) is 5.32 Å². The fourth-order valence-corrected chi connectivity index (χ4v) is 6.40. The Morgan fingerprint density at radius 3 is 1.49 bits per heavy atom. The Labute approximate surface area is 319 Å². The molecule has 296 valence electrons. The zero-order valence-corrected chi connectivity index (χ0v) is 31.0. The van der Waals surface area contributed by atoms with E-state index in [0.717, 1.165) is 37.5 Å². The minimum atomic E-state index is -1.93. The highest BCUT2D eigenvalue weighted by molar-refractivity contribution is 5.82. The number of rotatable bonds is 16. The quantitative estimate of drug-likeness (QED) is 0.160. The first kappa shape index (κ1) is 41.4. The molecule has 1 amide bonds. The number of hydrogen-bond donors (Lipinski definition) is 2. The van der Waals surface area contributed by atoms with Crippen LogP contribution in [0.4, 0.5) is 0 Å². The molecule has 5 rings (SSSR count). The number of carbonyl (C=O) groups excluding carboxylic acids is 4. The van der Waals surface area contributed by atoms with Gasteiger partial charge in [0, 0.05) is 34.4 Å². The first-order chi connectivity index (χ1) is 26.5. The van der Waals surface area contributed by atoms with Crippen LogP contribution in [0.1, 0.15) is 37.5 Å². The summed E-state index contributed by atoms with van der Waals surface area (Å²) in [4.78, 5) is 50.1. The molecular weight excluding hydrogens is 718 g/mol. The second-order valence-electron chi connectivity index (χ2n) is 13.0. The van der Waals surface area contributed by atoms with Crippen molar-refractivity contribution in [3.05, 3.63) is 108 Å². The molecule has 0 spiro atoms. The summed E-state index contributed by atoms with van der Waals surface area (Å²) in [7, 11) is 1.47. The lowest BCUT2D eigenvalue weighted by atomic mass is 9.96. The maximum absolute atomic E-state index is 13.9. The molecule has 15 nitrogen and oxygen atoms in total. The van der Waals surface area contributed by atoms with Crippen LogP contribution in [0.15, 0.2) is 91.0 Å². The number of benzene rings is 3. The van der Waals surface area contributed by atoms with E-state index >= 15 is 0 Å². The third-order valence-corrected chi connectivity index (χ3v) is 8.83. The van der Waals surface area contributed by atoms with E-state index in [1.807, 2.05) is 91.0 Å². The summed E-state index contributed by atoms with van der Waals surface area (Å²) < 4.78 is 53.3. The van der Waals surface area contributed by atoms with E-state index in [1.165, 1.54) is 7.11 Å². The van der Waals surface area contributed by atoms with Crippen molar-refractivity contribution in [3.8, 4) is 0 Å². The van der Waals surface area contributed by atoms with Gasteiger partial charge in [0.05, 0.1) is 19.8 Å². The van der Waals surface area contributed by atoms with Crippen molar-refractivity contribution in [2.75, 3.05) is 13.7 Å². The van der Waals surface area contributed by atoms with Gasteiger partial charge in [0.2, 0.25) is 0 Å². The monoisotopic (exact) mass is 765 g/mol. The molecular formula is C40H47NO14. The van der Waals surface area contributed by atoms with E-state index in [2.05, 4.69) is 5.32 Å². The highest BCUT2D eigenvalue weighted by Gasteiger charge is 2.54. The van der Waals surface area contributed by atoms with Gasteiger partial charge in [-0.25, -0.2) is 0 Å². The molecule has 10 atom stereocenters. The van der Waals surface area contributed by atoms with Crippen LogP contribution in [0.2, 0.25) is 0 Å². The van der Waals surface area contributed by atoms with E-state index in [-0.39, 0.29) is 26.4 Å². The summed E-state index contributed by atoms with van der Waals surface area (Å²) in [5, 5.41) is 13.6. The summed E-state index contributed by atoms with van der Waals surface area (Å²) in [6.07, 6.45) is -12.8. The topological polar surface area (TPSA) is 184 Å². The molecule has 1 unspecified atom stereocenters. The number of esters is 3. The van der Waals surface area contributed by atoms with Gasteiger partial charge < -0.3 is 53.1 Å². The van der Waals surface area contributed by atoms with E-state index in [0.29, 0.717) is 0 Å². The molecule has 2 N–H and O–H groups in total. The van der Waals surface area contributed by atoms with Crippen LogP contribution < -0.4 is 5.32 Å². The van der Waals surface area contributed by atoms with Crippen LogP contribution in [0, 0.1) is 0 Å². The van der Waals surface area contributed by atoms with Crippen LogP contribution in [0.3, 0.4) is 0 Å². The van der Waals surface area contributed by atoms with Gasteiger partial charge >= 0.3 is 17.9 Å². The fraction of sp³-hybridized carbons (Fsp3) is 0.450. The van der Waals surface area contributed by atoms with Gasteiger partial charge in [-0.2, -0.15) is 0 Å². The molecule has 55 heavy (non-hydrogen) atoms. The zero-order valence-electron chi connectivity index (χ0n) is 31.0. The minimum absolute atomic E-state index is 0.154. The molecule has 2 aliphatic heterocycles. The average Bonchev–Trinajstić information content (AvgIpc) is 3.17. The van der Waals surface area contributed by atoms with Crippen LogP contribution in [0.5, 0.6) is 0 Å². The number of ether oxygens (including phenoxy) is 9. The summed E-state index contributed by atoms with van der Waals surface area (Å²) >= 11 is 0. The Balaban J connectivity index is 1.43. The number of nitrogens with one attached hydrogen (secondary N) is 1. The third-order valence-electron chi connectivity index (χ3n) is 8.83. The average molecular weight is 766 g/mol. The van der Waals surface area contributed by atoms with Crippen molar-refractivity contribution < 1.29 is 66.9 Å². The van der Waals surface area contributed by atoms with Crippen molar-refractivity contribution in [2.45, 2.75) is 102 Å². The van der Waals surface area contributed by atoms with E-state index in [4.69, 9.17) is 42.6 Å². The second kappa shape index (κ2) is 20.3. The molecule has 15 heteroatoms. The number of amides is 1. The van der Waals surface area contributed by atoms with E-state index in [9.17, 15) is 24.3 Å². The highest BCUT2D eigenvalue weighted by Crippen LogP contribution is 2.32. The molecule has 2 saturated heterocycles. The van der Waals surface area contributed by atoms with Crippen molar-refractivity contribution in [3.63, 3.8) is 0 Å². The SMILES string of the molecule is CO[C@H]1O[C@H](CNC(=O)[C@H]2OC(O)[C@H](OC(C)=O)[C@@H](OC(C)=O)[C@@H]2OC(C)=O)[C@@H](OCc2ccccc2)[C@H](OCc2ccccc2)[C@H]1OCc1ccccc1. The summed E-state index contributed by atoms with van der Waals surface area (Å²) in [6, 6.07) is 28.6. The van der Waals surface area contributed by atoms with E-state index < -0.39 is 85.2 Å². The Morgan fingerprint density at radius 2 is 1.02 bits per heavy atom. The van der Waals surface area contributed by atoms with Crippen molar-refractivity contribution >= 4 is 23.8 Å². The van der Waals surface area contributed by atoms with Crippen LogP contribution >= 0.6 is 0 Å². The predicted octanol–water partition coefficient (Wildman–Crippen LogP) is 2.74. The third kappa shape index (κ3) is 11.6. The van der Waals surface area contributed by atoms with Gasteiger partial charge in [0.15, 0.2) is 37.0 Å². The summed E-state index contributed by atoms with van der Waals surface area (Å²) in [6.45, 7) is 3.55. The molecule has 2 aliphatic rings. The number of carbonyl (C=O) groups is 4. The molecule has 0 aliphatic carbocycles. The fourth-order valence-electron chi connectivity index (χ4n) is 6.40. The van der Waals surface area contributed by atoms with Gasteiger partial charge in [-0.3, -0.25) is 19.2 Å². The Morgan fingerprint density at radius 1 is 0.582 bits per heavy atom. The van der Waals surface area contributed by atoms with Crippen molar-refractivity contribution in [1.29, 1.82) is 0 Å². The number of aliphatic hydroxyl groups is 1. The summed E-state index contributed by atoms with van der Waals surface area (Å²) in [5.41, 5.74) is 2.68. The maximum Gasteiger partial charge on any atom is 0.303 e. The maximum atomic E-state index is 13.9. The van der Waals surface area contributed by atoms with E-state index in [1.54, 1.807) is 0 Å². The minimum Gasteiger partial charge on any atom is -0.455 e. The molecule has 0 saturated carbocycles. The second-order valence-corrected chi connectivity index (χ2v) is 13.0. The smallest absolute Gasteiger partial charge is 0.303 e. The lowest BCUT2D eigenvalue weighted by Crippen LogP contribution is -2.66. The molecule has 2 fully saturated rings. The molecule has 0 radical (unpaired) electrons. The molecule has 2 heterocycles. The first-order valence-corrected chi connectivity index (χ1v) is 17.8. The number of hydrogen-bond acceptors (Lipinski definition) is 14. The van der Waals surface area contributed by atoms with Gasteiger partial charge in [-0.05, 0) is 16.7 Å². The lowest BCUT2D eigenvalue weighted by Gasteiger charge is -2.46. The Kier molecular flexibility index (Phi) is 15.3. The normalized spacial score (nSPS) is 27.7. The van der Waals surface area contributed by atoms with Crippen molar-refractivity contribution in [2.24, 2.45) is 0 Å². The van der Waals surface area contributed by atoms with Gasteiger partial charge in [0.25, 0.3) is 5.91 Å². The first-order valence-electron chi connectivity index (χ1n) is 17.8. The Hall–Kier alpha value is -4.74. The van der Waals surface area contributed by atoms with Gasteiger partial charge in [-0.15, -0.1) is 0 Å². The largest absolute Gasteiger partial charge is 0.455 e. The molecule has 3 aromatic rings. The molecule has 0 aromatic heterocycles. The lowest BCUT2D eigenvalue weighted by molar-refractivity contribution is -0.316. The highest BCUT2D eigenvalue weighted by atomic mass is 16.7. The molecule has 0 bridgehead atoms. The standard InChI is InChI=1S/C40H47NO14/c1-24(42)51-33-34(52-25(2)43)36(53-26(3)44)39(46)55-35(33)38(45)41-20-30-31(48-21-27-14-8-5-9-15-27)32(49-22-28-16-10-6-11-17-28)37(40(47-4)54-30)50-23-29-18-12-7-13-19-29/h5-19,30-37,39-40,46H,20-23H2,1-4H3,(H,41,45)/t30-,31-,32+,33+,34+,35+,36-,37-,39?,40+/m1/s1. The number of methoxy groups -OCH3 is 1. The number of aliphatic hydroxyl groups excluding tert-OH is 1. The van der Waals surface area contributed by atoms with Crippen LogP contribution in [-0.2, 0) is 81.6 Å². The van der Waals surface area contributed by atoms with Crippen LogP contribution in [0.25, 0.3) is 0 Å². The van der Waals surface area contributed by atoms with Gasteiger partial charge in [-0.1, -0.05) is 91.0 Å². The molecule has 3 aromatic carbocycles. The zero-order chi connectivity index (χ0) is 39.3. The summed E-state index contributed by atoms with van der Waals surface area (Å²) in [5.74, 6) is -3.41.